The Morgan fingerprint density at radius 1 is 1.35 bits per heavy atom. The summed E-state index contributed by atoms with van der Waals surface area (Å²) in [6, 6.07) is 5.20. The highest BCUT2D eigenvalue weighted by atomic mass is 32.1. The van der Waals surface area contributed by atoms with Gasteiger partial charge in [0.15, 0.2) is 0 Å². The lowest BCUT2D eigenvalue weighted by molar-refractivity contribution is 0.298. The van der Waals surface area contributed by atoms with Gasteiger partial charge in [0.05, 0.1) is 16.8 Å². The standard InChI is InChI=1S/C15H18FN3S/c16-10-2-4-13-14(5-10)20-15(18-13)8-19-6-9-1-3-12(17)11(9)7-19/h2,4-5,9,11-12H,1,3,6-8,17H2. The van der Waals surface area contributed by atoms with E-state index >= 15 is 0 Å². The van der Waals surface area contributed by atoms with Gasteiger partial charge >= 0.3 is 0 Å². The maximum absolute atomic E-state index is 13.2. The average Bonchev–Trinajstić information content (AvgIpc) is 3.06. The summed E-state index contributed by atoms with van der Waals surface area (Å²) in [4.78, 5) is 7.07. The fraction of sp³-hybridized carbons (Fsp3) is 0.533. The minimum Gasteiger partial charge on any atom is -0.327 e. The van der Waals surface area contributed by atoms with Crippen molar-refractivity contribution in [2.24, 2.45) is 17.6 Å². The predicted octanol–water partition coefficient (Wildman–Crippen LogP) is 2.60. The number of likely N-dealkylation sites (tertiary alicyclic amines) is 1. The van der Waals surface area contributed by atoms with E-state index in [0.717, 1.165) is 40.8 Å². The number of rotatable bonds is 2. The van der Waals surface area contributed by atoms with E-state index in [2.05, 4.69) is 9.88 Å². The number of benzene rings is 1. The van der Waals surface area contributed by atoms with Gasteiger partial charge in [-0.05, 0) is 42.9 Å². The molecule has 0 amide bonds. The molecule has 2 fully saturated rings. The third kappa shape index (κ3) is 2.14. The molecule has 106 valence electrons. The second-order valence-electron chi connectivity index (χ2n) is 6.08. The lowest BCUT2D eigenvalue weighted by Crippen LogP contribution is -2.30. The molecule has 2 heterocycles. The van der Waals surface area contributed by atoms with Crippen LogP contribution >= 0.6 is 11.3 Å². The molecule has 3 unspecified atom stereocenters. The number of hydrogen-bond donors (Lipinski definition) is 1. The lowest BCUT2D eigenvalue weighted by Gasteiger charge is -2.16. The van der Waals surface area contributed by atoms with E-state index in [0.29, 0.717) is 12.0 Å². The van der Waals surface area contributed by atoms with Crippen LogP contribution in [0.4, 0.5) is 4.39 Å². The Labute approximate surface area is 121 Å². The fourth-order valence-electron chi connectivity index (χ4n) is 3.73. The maximum atomic E-state index is 13.2. The van der Waals surface area contributed by atoms with Crippen LogP contribution in [0, 0.1) is 17.7 Å². The Balaban J connectivity index is 1.51. The molecule has 3 atom stereocenters. The molecule has 1 saturated carbocycles. The van der Waals surface area contributed by atoms with Crippen molar-refractivity contribution in [2.45, 2.75) is 25.4 Å². The Morgan fingerprint density at radius 2 is 2.25 bits per heavy atom. The molecule has 1 saturated heterocycles. The van der Waals surface area contributed by atoms with Crippen LogP contribution in [-0.4, -0.2) is 29.0 Å². The summed E-state index contributed by atoms with van der Waals surface area (Å²) in [5, 5.41) is 1.08. The molecular weight excluding hydrogens is 273 g/mol. The zero-order valence-corrected chi connectivity index (χ0v) is 12.1. The summed E-state index contributed by atoms with van der Waals surface area (Å²) in [6.07, 6.45) is 2.46. The zero-order chi connectivity index (χ0) is 13.7. The van der Waals surface area contributed by atoms with Crippen LogP contribution in [0.3, 0.4) is 0 Å². The molecule has 3 nitrogen and oxygen atoms in total. The molecule has 1 aromatic heterocycles. The normalized spacial score (nSPS) is 30.2. The summed E-state index contributed by atoms with van der Waals surface area (Å²) >= 11 is 1.60. The largest absolute Gasteiger partial charge is 0.327 e. The first kappa shape index (κ1) is 12.7. The van der Waals surface area contributed by atoms with E-state index in [1.54, 1.807) is 23.5 Å². The van der Waals surface area contributed by atoms with Gasteiger partial charge in [-0.15, -0.1) is 11.3 Å². The van der Waals surface area contributed by atoms with Gasteiger partial charge in [0.2, 0.25) is 0 Å². The second kappa shape index (κ2) is 4.76. The highest BCUT2D eigenvalue weighted by Crippen LogP contribution is 2.38. The van der Waals surface area contributed by atoms with Gasteiger partial charge in [-0.1, -0.05) is 0 Å². The summed E-state index contributed by atoms with van der Waals surface area (Å²) < 4.78 is 14.1. The number of fused-ring (bicyclic) bond motifs is 2. The Bertz CT molecular complexity index is 641. The molecule has 2 N–H and O–H groups in total. The van der Waals surface area contributed by atoms with E-state index in [-0.39, 0.29) is 5.82 Å². The van der Waals surface area contributed by atoms with Gasteiger partial charge in [-0.3, -0.25) is 4.90 Å². The molecule has 0 radical (unpaired) electrons. The topological polar surface area (TPSA) is 42.1 Å². The highest BCUT2D eigenvalue weighted by Gasteiger charge is 2.40. The molecular formula is C15H18FN3S. The molecule has 0 bridgehead atoms. The van der Waals surface area contributed by atoms with Crippen LogP contribution in [0.5, 0.6) is 0 Å². The Kier molecular flexibility index (Phi) is 3.02. The van der Waals surface area contributed by atoms with Gasteiger partial charge in [0.25, 0.3) is 0 Å². The summed E-state index contributed by atoms with van der Waals surface area (Å²) in [5.74, 6) is 1.26. The van der Waals surface area contributed by atoms with Gasteiger partial charge in [-0.25, -0.2) is 9.37 Å². The van der Waals surface area contributed by atoms with Crippen LogP contribution < -0.4 is 5.73 Å². The van der Waals surface area contributed by atoms with Gasteiger partial charge in [-0.2, -0.15) is 0 Å². The van der Waals surface area contributed by atoms with E-state index in [1.165, 1.54) is 18.9 Å². The summed E-state index contributed by atoms with van der Waals surface area (Å²) in [7, 11) is 0. The van der Waals surface area contributed by atoms with Crippen LogP contribution in [0.25, 0.3) is 10.2 Å². The third-order valence-electron chi connectivity index (χ3n) is 4.74. The smallest absolute Gasteiger partial charge is 0.124 e. The van der Waals surface area contributed by atoms with E-state index in [1.807, 2.05) is 0 Å². The van der Waals surface area contributed by atoms with Crippen molar-refractivity contribution in [2.75, 3.05) is 13.1 Å². The van der Waals surface area contributed by atoms with Crippen LogP contribution in [0.2, 0.25) is 0 Å². The highest BCUT2D eigenvalue weighted by molar-refractivity contribution is 7.18. The van der Waals surface area contributed by atoms with Gasteiger partial charge in [0, 0.05) is 19.1 Å². The van der Waals surface area contributed by atoms with Crippen LogP contribution in [0.15, 0.2) is 18.2 Å². The first-order valence-electron chi connectivity index (χ1n) is 7.22. The van der Waals surface area contributed by atoms with E-state index in [9.17, 15) is 4.39 Å². The van der Waals surface area contributed by atoms with Gasteiger partial charge < -0.3 is 5.73 Å². The molecule has 20 heavy (non-hydrogen) atoms. The summed E-state index contributed by atoms with van der Waals surface area (Å²) in [6.45, 7) is 3.11. The van der Waals surface area contributed by atoms with Crippen LogP contribution in [0.1, 0.15) is 17.8 Å². The van der Waals surface area contributed by atoms with Crippen molar-refractivity contribution in [1.82, 2.24) is 9.88 Å². The minimum absolute atomic E-state index is 0.186. The van der Waals surface area contributed by atoms with Gasteiger partial charge in [0.1, 0.15) is 10.8 Å². The van der Waals surface area contributed by atoms with Crippen molar-refractivity contribution < 1.29 is 4.39 Å². The average molecular weight is 291 g/mol. The SMILES string of the molecule is NC1CCC2CN(Cc3nc4ccc(F)cc4s3)CC12. The molecule has 2 aromatic rings. The first-order chi connectivity index (χ1) is 9.69. The van der Waals surface area contributed by atoms with E-state index in [4.69, 9.17) is 5.73 Å². The summed E-state index contributed by atoms with van der Waals surface area (Å²) in [5.41, 5.74) is 7.08. The number of nitrogens with zero attached hydrogens (tertiary/aromatic N) is 2. The zero-order valence-electron chi connectivity index (χ0n) is 11.3. The van der Waals surface area contributed by atoms with Crippen molar-refractivity contribution in [1.29, 1.82) is 0 Å². The van der Waals surface area contributed by atoms with Crippen LogP contribution in [-0.2, 0) is 6.54 Å². The third-order valence-corrected chi connectivity index (χ3v) is 5.74. The first-order valence-corrected chi connectivity index (χ1v) is 8.03. The predicted molar refractivity (Wildman–Crippen MR) is 79.0 cm³/mol. The monoisotopic (exact) mass is 291 g/mol. The minimum atomic E-state index is -0.186. The molecule has 4 rings (SSSR count). The number of halogens is 1. The Morgan fingerprint density at radius 3 is 3.10 bits per heavy atom. The molecule has 1 aliphatic carbocycles. The number of hydrogen-bond acceptors (Lipinski definition) is 4. The molecule has 5 heteroatoms. The van der Waals surface area contributed by atoms with Crippen molar-refractivity contribution in [3.63, 3.8) is 0 Å². The maximum Gasteiger partial charge on any atom is 0.124 e. The Hall–Kier alpha value is -1.04. The van der Waals surface area contributed by atoms with Crippen molar-refractivity contribution in [3.8, 4) is 0 Å². The number of nitrogens with two attached hydrogens (primary N) is 1. The van der Waals surface area contributed by atoms with E-state index < -0.39 is 0 Å². The molecule has 2 aliphatic rings. The van der Waals surface area contributed by atoms with Crippen molar-refractivity contribution >= 4 is 21.6 Å². The number of aromatic nitrogens is 1. The second-order valence-corrected chi connectivity index (χ2v) is 7.19. The lowest BCUT2D eigenvalue weighted by atomic mass is 9.98. The molecule has 1 aliphatic heterocycles. The quantitative estimate of drug-likeness (QED) is 0.925. The fourth-order valence-corrected chi connectivity index (χ4v) is 4.77. The molecule has 0 spiro atoms. The molecule has 1 aromatic carbocycles. The number of thiazole rings is 1. The van der Waals surface area contributed by atoms with Crippen molar-refractivity contribution in [3.05, 3.63) is 29.0 Å².